The number of carbonyl (C=O) groups is 1. The average Bonchev–Trinajstić information content (AvgIpc) is 3.13. The summed E-state index contributed by atoms with van der Waals surface area (Å²) in [6.45, 7) is 1.89. The lowest BCUT2D eigenvalue weighted by atomic mass is 9.95. The molecule has 7 nitrogen and oxygen atoms in total. The molecule has 0 bridgehead atoms. The van der Waals surface area contributed by atoms with Gasteiger partial charge in [0, 0.05) is 21.5 Å². The first kappa shape index (κ1) is 21.6. The zero-order chi connectivity index (χ0) is 20.6. The molecule has 1 aliphatic carbocycles. The van der Waals surface area contributed by atoms with Crippen molar-refractivity contribution in [3.63, 3.8) is 0 Å². The van der Waals surface area contributed by atoms with Gasteiger partial charge in [0.1, 0.15) is 0 Å². The van der Waals surface area contributed by atoms with Crippen molar-refractivity contribution < 1.29 is 14.3 Å². The Hall–Kier alpha value is -2.13. The Morgan fingerprint density at radius 2 is 2.14 bits per heavy atom. The van der Waals surface area contributed by atoms with Gasteiger partial charge in [-0.25, -0.2) is 4.98 Å². The SMILES string of the molecule is COc1cc(C=NNc2nc(C)cs2)c(Br)cc1OCC(=O)NC1CCCCC1. The number of halogens is 1. The number of nitrogens with one attached hydrogen (secondary N) is 2. The third kappa shape index (κ3) is 6.43. The second-order valence-corrected chi connectivity index (χ2v) is 8.59. The highest BCUT2D eigenvalue weighted by atomic mass is 79.9. The Morgan fingerprint density at radius 3 is 2.83 bits per heavy atom. The molecular formula is C20H25BrN4O3S. The third-order valence-corrected chi connectivity index (χ3v) is 6.15. The Labute approximate surface area is 183 Å². The van der Waals surface area contributed by atoms with E-state index in [1.54, 1.807) is 25.5 Å². The van der Waals surface area contributed by atoms with Crippen LogP contribution in [-0.2, 0) is 4.79 Å². The van der Waals surface area contributed by atoms with Crippen LogP contribution in [0.25, 0.3) is 0 Å². The molecule has 29 heavy (non-hydrogen) atoms. The molecule has 1 aliphatic rings. The normalized spacial score (nSPS) is 14.7. The summed E-state index contributed by atoms with van der Waals surface area (Å²) in [5.74, 6) is 0.924. The van der Waals surface area contributed by atoms with Crippen molar-refractivity contribution in [1.82, 2.24) is 10.3 Å². The zero-order valence-electron chi connectivity index (χ0n) is 16.5. The van der Waals surface area contributed by atoms with E-state index in [0.717, 1.165) is 33.7 Å². The summed E-state index contributed by atoms with van der Waals surface area (Å²) >= 11 is 5.01. The quantitative estimate of drug-likeness (QED) is 0.429. The molecule has 1 aromatic carbocycles. The van der Waals surface area contributed by atoms with Gasteiger partial charge >= 0.3 is 0 Å². The monoisotopic (exact) mass is 480 g/mol. The summed E-state index contributed by atoms with van der Waals surface area (Å²) in [5.41, 5.74) is 4.66. The lowest BCUT2D eigenvalue weighted by Gasteiger charge is -2.22. The second kappa shape index (κ2) is 10.6. The van der Waals surface area contributed by atoms with E-state index in [0.29, 0.717) is 11.5 Å². The van der Waals surface area contributed by atoms with Crippen LogP contribution in [0.3, 0.4) is 0 Å². The predicted molar refractivity (Wildman–Crippen MR) is 119 cm³/mol. The number of benzene rings is 1. The van der Waals surface area contributed by atoms with E-state index >= 15 is 0 Å². The molecule has 0 spiro atoms. The summed E-state index contributed by atoms with van der Waals surface area (Å²) in [4.78, 5) is 16.5. The maximum atomic E-state index is 12.2. The molecule has 1 heterocycles. The largest absolute Gasteiger partial charge is 0.493 e. The Kier molecular flexibility index (Phi) is 7.88. The van der Waals surface area contributed by atoms with E-state index in [9.17, 15) is 4.79 Å². The predicted octanol–water partition coefficient (Wildman–Crippen LogP) is 4.50. The van der Waals surface area contributed by atoms with Crippen molar-refractivity contribution in [2.75, 3.05) is 19.1 Å². The fourth-order valence-electron chi connectivity index (χ4n) is 3.14. The van der Waals surface area contributed by atoms with Gasteiger partial charge in [-0.15, -0.1) is 11.3 Å². The van der Waals surface area contributed by atoms with E-state index < -0.39 is 0 Å². The number of nitrogens with zero attached hydrogens (tertiary/aromatic N) is 2. The van der Waals surface area contributed by atoms with Crippen LogP contribution in [0.2, 0.25) is 0 Å². The molecule has 0 unspecified atom stereocenters. The van der Waals surface area contributed by atoms with E-state index in [4.69, 9.17) is 9.47 Å². The van der Waals surface area contributed by atoms with Crippen molar-refractivity contribution in [3.8, 4) is 11.5 Å². The number of aromatic nitrogens is 1. The number of hydrogen-bond acceptors (Lipinski definition) is 7. The van der Waals surface area contributed by atoms with Crippen molar-refractivity contribution in [2.45, 2.75) is 45.1 Å². The summed E-state index contributed by atoms with van der Waals surface area (Å²) in [6, 6.07) is 3.85. The van der Waals surface area contributed by atoms with Crippen LogP contribution in [0, 0.1) is 6.92 Å². The van der Waals surface area contributed by atoms with E-state index in [1.807, 2.05) is 12.3 Å². The standard InChI is InChI=1S/C20H25BrN4O3S/c1-13-12-29-20(23-13)25-22-10-14-8-17(27-2)18(9-16(14)21)28-11-19(26)24-15-6-4-3-5-7-15/h8-10,12,15H,3-7,11H2,1-2H3,(H,23,25)(H,24,26). The van der Waals surface area contributed by atoms with Gasteiger partial charge in [0.15, 0.2) is 18.1 Å². The number of aryl methyl sites for hydroxylation is 1. The van der Waals surface area contributed by atoms with Crippen molar-refractivity contribution >= 4 is 44.5 Å². The van der Waals surface area contributed by atoms with Crippen LogP contribution in [0.5, 0.6) is 11.5 Å². The first-order valence-electron chi connectivity index (χ1n) is 9.56. The summed E-state index contributed by atoms with van der Waals surface area (Å²) < 4.78 is 11.9. The topological polar surface area (TPSA) is 84.8 Å². The van der Waals surface area contributed by atoms with Gasteiger partial charge in [-0.3, -0.25) is 10.2 Å². The summed E-state index contributed by atoms with van der Waals surface area (Å²) in [5, 5.41) is 9.94. The number of carbonyl (C=O) groups excluding carboxylic acids is 1. The van der Waals surface area contributed by atoms with Gasteiger partial charge in [-0.1, -0.05) is 19.3 Å². The lowest BCUT2D eigenvalue weighted by Crippen LogP contribution is -2.39. The molecule has 1 fully saturated rings. The highest BCUT2D eigenvalue weighted by Crippen LogP contribution is 2.33. The first-order valence-corrected chi connectivity index (χ1v) is 11.2. The highest BCUT2D eigenvalue weighted by Gasteiger charge is 2.17. The van der Waals surface area contributed by atoms with E-state index in [-0.39, 0.29) is 18.6 Å². The minimum absolute atomic E-state index is 0.0440. The van der Waals surface area contributed by atoms with Gasteiger partial charge in [-0.05, 0) is 47.8 Å². The first-order chi connectivity index (χ1) is 14.0. The lowest BCUT2D eigenvalue weighted by molar-refractivity contribution is -0.124. The van der Waals surface area contributed by atoms with Crippen LogP contribution in [0.4, 0.5) is 5.13 Å². The molecule has 1 aromatic heterocycles. The maximum Gasteiger partial charge on any atom is 0.258 e. The molecule has 0 atom stereocenters. The number of hydrazone groups is 1. The molecule has 2 aromatic rings. The molecular weight excluding hydrogens is 456 g/mol. The zero-order valence-corrected chi connectivity index (χ0v) is 18.9. The number of anilines is 1. The van der Waals surface area contributed by atoms with Crippen LogP contribution in [0.15, 0.2) is 27.1 Å². The van der Waals surface area contributed by atoms with Gasteiger partial charge in [0.05, 0.1) is 19.0 Å². The number of methoxy groups -OCH3 is 1. The minimum atomic E-state index is -0.108. The maximum absolute atomic E-state index is 12.2. The highest BCUT2D eigenvalue weighted by molar-refractivity contribution is 9.10. The Bertz CT molecular complexity index is 865. The third-order valence-electron chi connectivity index (χ3n) is 4.59. The van der Waals surface area contributed by atoms with Gasteiger partial charge in [0.25, 0.3) is 5.91 Å². The van der Waals surface area contributed by atoms with E-state index in [2.05, 4.69) is 36.8 Å². The molecule has 9 heteroatoms. The Morgan fingerprint density at radius 1 is 1.34 bits per heavy atom. The van der Waals surface area contributed by atoms with E-state index in [1.165, 1.54) is 30.6 Å². The fourth-order valence-corrected chi connectivity index (χ4v) is 4.21. The Balaban J connectivity index is 1.59. The molecule has 0 radical (unpaired) electrons. The van der Waals surface area contributed by atoms with Gasteiger partial charge in [-0.2, -0.15) is 5.10 Å². The van der Waals surface area contributed by atoms with Crippen molar-refractivity contribution in [2.24, 2.45) is 5.10 Å². The summed E-state index contributed by atoms with van der Waals surface area (Å²) in [6.07, 6.45) is 7.36. The molecule has 2 N–H and O–H groups in total. The van der Waals surface area contributed by atoms with Crippen LogP contribution in [-0.4, -0.2) is 36.9 Å². The molecule has 156 valence electrons. The fraction of sp³-hybridized carbons (Fsp3) is 0.450. The number of rotatable bonds is 8. The summed E-state index contributed by atoms with van der Waals surface area (Å²) in [7, 11) is 1.57. The van der Waals surface area contributed by atoms with Gasteiger partial charge < -0.3 is 14.8 Å². The molecule has 0 aliphatic heterocycles. The molecule has 3 rings (SSSR count). The number of hydrogen-bond donors (Lipinski definition) is 2. The number of ether oxygens (including phenoxy) is 2. The second-order valence-electron chi connectivity index (χ2n) is 6.88. The van der Waals surface area contributed by atoms with Crippen LogP contribution < -0.4 is 20.2 Å². The van der Waals surface area contributed by atoms with Crippen molar-refractivity contribution in [1.29, 1.82) is 0 Å². The van der Waals surface area contributed by atoms with Crippen LogP contribution >= 0.6 is 27.3 Å². The molecule has 0 saturated heterocycles. The van der Waals surface area contributed by atoms with Gasteiger partial charge in [0.2, 0.25) is 5.13 Å². The average molecular weight is 481 g/mol. The number of thiazole rings is 1. The molecule has 1 saturated carbocycles. The number of amides is 1. The van der Waals surface area contributed by atoms with Crippen LogP contribution in [0.1, 0.15) is 43.4 Å². The van der Waals surface area contributed by atoms with Crippen molar-refractivity contribution in [3.05, 3.63) is 33.2 Å². The molecule has 1 amide bonds. The minimum Gasteiger partial charge on any atom is -0.493 e. The smallest absolute Gasteiger partial charge is 0.258 e.